The summed E-state index contributed by atoms with van der Waals surface area (Å²) < 4.78 is 5.25. The van der Waals surface area contributed by atoms with Gasteiger partial charge in [-0.15, -0.1) is 0 Å². The van der Waals surface area contributed by atoms with Crippen LogP contribution in [0.5, 0.6) is 5.75 Å². The first-order valence-electron chi connectivity index (χ1n) is 7.81. The SMILES string of the molecule is COc1ccccc1/C=C/C=NNC(=O)c1n[nH]c(=O)c2ccccc12. The van der Waals surface area contributed by atoms with E-state index in [0.29, 0.717) is 10.8 Å². The Bertz CT molecular complexity index is 1050. The molecule has 3 aromatic rings. The molecule has 0 fully saturated rings. The number of aromatic amines is 1. The molecule has 0 spiro atoms. The zero-order valence-electron chi connectivity index (χ0n) is 14.0. The quantitative estimate of drug-likeness (QED) is 0.546. The fourth-order valence-electron chi connectivity index (χ4n) is 2.43. The Morgan fingerprint density at radius 1 is 1.15 bits per heavy atom. The van der Waals surface area contributed by atoms with Crippen LogP contribution < -0.4 is 15.7 Å². The fraction of sp³-hybridized carbons (Fsp3) is 0.0526. The minimum Gasteiger partial charge on any atom is -0.496 e. The van der Waals surface area contributed by atoms with Crippen molar-refractivity contribution in [3.05, 3.63) is 76.2 Å². The molecule has 0 aliphatic heterocycles. The van der Waals surface area contributed by atoms with Crippen molar-refractivity contribution in [1.29, 1.82) is 0 Å². The number of hydrogen-bond donors (Lipinski definition) is 2. The van der Waals surface area contributed by atoms with Gasteiger partial charge in [-0.3, -0.25) is 9.59 Å². The normalized spacial score (nSPS) is 11.3. The number of carbonyl (C=O) groups is 1. The number of rotatable bonds is 5. The maximum Gasteiger partial charge on any atom is 0.292 e. The van der Waals surface area contributed by atoms with Crippen LogP contribution in [0.1, 0.15) is 16.1 Å². The van der Waals surface area contributed by atoms with Crippen molar-refractivity contribution in [2.45, 2.75) is 0 Å². The van der Waals surface area contributed by atoms with E-state index < -0.39 is 5.91 Å². The molecule has 1 amide bonds. The Balaban J connectivity index is 1.72. The highest BCUT2D eigenvalue weighted by atomic mass is 16.5. The lowest BCUT2D eigenvalue weighted by molar-refractivity contribution is 0.0951. The number of methoxy groups -OCH3 is 1. The summed E-state index contributed by atoms with van der Waals surface area (Å²) in [5.74, 6) is 0.226. The van der Waals surface area contributed by atoms with Crippen LogP contribution in [-0.4, -0.2) is 29.4 Å². The van der Waals surface area contributed by atoms with Gasteiger partial charge in [0, 0.05) is 17.2 Å². The lowest BCUT2D eigenvalue weighted by Crippen LogP contribution is -2.22. The smallest absolute Gasteiger partial charge is 0.292 e. The fourth-order valence-corrected chi connectivity index (χ4v) is 2.43. The molecule has 0 radical (unpaired) electrons. The van der Waals surface area contributed by atoms with E-state index in [1.807, 2.05) is 30.3 Å². The number of amides is 1. The molecule has 2 N–H and O–H groups in total. The highest BCUT2D eigenvalue weighted by Crippen LogP contribution is 2.18. The average molecular weight is 348 g/mol. The highest BCUT2D eigenvalue weighted by Gasteiger charge is 2.12. The Labute approximate surface area is 149 Å². The van der Waals surface area contributed by atoms with Gasteiger partial charge in [-0.1, -0.05) is 36.4 Å². The van der Waals surface area contributed by atoms with E-state index in [1.54, 1.807) is 37.5 Å². The van der Waals surface area contributed by atoms with Crippen LogP contribution in [0.15, 0.2) is 64.5 Å². The molecule has 1 aromatic heterocycles. The molecule has 0 unspecified atom stereocenters. The van der Waals surface area contributed by atoms with Crippen LogP contribution in [0, 0.1) is 0 Å². The van der Waals surface area contributed by atoms with Crippen molar-refractivity contribution in [2.24, 2.45) is 5.10 Å². The van der Waals surface area contributed by atoms with Crippen molar-refractivity contribution >= 4 is 29.0 Å². The third-order valence-corrected chi connectivity index (χ3v) is 3.65. The number of aromatic nitrogens is 2. The van der Waals surface area contributed by atoms with Gasteiger partial charge < -0.3 is 4.74 Å². The molecule has 0 atom stereocenters. The van der Waals surface area contributed by atoms with E-state index in [-0.39, 0.29) is 11.3 Å². The van der Waals surface area contributed by atoms with Crippen LogP contribution in [0.2, 0.25) is 0 Å². The van der Waals surface area contributed by atoms with Gasteiger partial charge in [-0.2, -0.15) is 10.2 Å². The molecule has 3 rings (SSSR count). The summed E-state index contributed by atoms with van der Waals surface area (Å²) in [5, 5.41) is 10.9. The number of hydrogen-bond acceptors (Lipinski definition) is 5. The van der Waals surface area contributed by atoms with Gasteiger partial charge >= 0.3 is 0 Å². The van der Waals surface area contributed by atoms with Crippen LogP contribution >= 0.6 is 0 Å². The number of H-pyrrole nitrogens is 1. The second-order valence-corrected chi connectivity index (χ2v) is 5.27. The van der Waals surface area contributed by atoms with E-state index in [1.165, 1.54) is 6.21 Å². The summed E-state index contributed by atoms with van der Waals surface area (Å²) in [5.41, 5.74) is 3.03. The summed E-state index contributed by atoms with van der Waals surface area (Å²) in [7, 11) is 1.60. The molecule has 2 aromatic carbocycles. The third-order valence-electron chi connectivity index (χ3n) is 3.65. The number of hydrazone groups is 1. The summed E-state index contributed by atoms with van der Waals surface area (Å²) in [6, 6.07) is 14.3. The van der Waals surface area contributed by atoms with Gasteiger partial charge in [-0.05, 0) is 24.3 Å². The molecular weight excluding hydrogens is 332 g/mol. The zero-order chi connectivity index (χ0) is 18.4. The largest absolute Gasteiger partial charge is 0.496 e. The van der Waals surface area contributed by atoms with Gasteiger partial charge in [-0.25, -0.2) is 10.5 Å². The topological polar surface area (TPSA) is 96.4 Å². The number of benzene rings is 2. The molecule has 0 saturated carbocycles. The Kier molecular flexibility index (Phi) is 5.19. The van der Waals surface area contributed by atoms with E-state index in [4.69, 9.17) is 4.74 Å². The average Bonchev–Trinajstić information content (AvgIpc) is 2.68. The van der Waals surface area contributed by atoms with Gasteiger partial charge in [0.25, 0.3) is 11.5 Å². The Hall–Kier alpha value is -3.74. The molecule has 7 heteroatoms. The standard InChI is InChI=1S/C19H16N4O3/c1-26-16-11-5-2-7-13(16)8-6-12-20-22-19(25)17-14-9-3-4-10-15(14)18(24)23-21-17/h2-12H,1H3,(H,22,25)(H,23,24)/b8-6+,20-12?. The Morgan fingerprint density at radius 2 is 1.88 bits per heavy atom. The van der Waals surface area contributed by atoms with Gasteiger partial charge in [0.1, 0.15) is 5.75 Å². The van der Waals surface area contributed by atoms with Crippen LogP contribution in [0.25, 0.3) is 16.8 Å². The van der Waals surface area contributed by atoms with Gasteiger partial charge in [0.2, 0.25) is 0 Å². The minimum absolute atomic E-state index is 0.103. The summed E-state index contributed by atoms with van der Waals surface area (Å²) in [6.07, 6.45) is 4.93. The highest BCUT2D eigenvalue weighted by molar-refractivity contribution is 6.04. The van der Waals surface area contributed by atoms with Crippen molar-refractivity contribution in [2.75, 3.05) is 7.11 Å². The number of fused-ring (bicyclic) bond motifs is 1. The van der Waals surface area contributed by atoms with Crippen LogP contribution in [0.4, 0.5) is 0 Å². The Morgan fingerprint density at radius 3 is 2.69 bits per heavy atom. The monoisotopic (exact) mass is 348 g/mol. The number of carbonyl (C=O) groups excluding carboxylic acids is 1. The summed E-state index contributed by atoms with van der Waals surface area (Å²) in [6.45, 7) is 0. The van der Waals surface area contributed by atoms with E-state index in [9.17, 15) is 9.59 Å². The maximum absolute atomic E-state index is 12.3. The van der Waals surface area contributed by atoms with Crippen molar-refractivity contribution in [3.8, 4) is 5.75 Å². The first-order chi connectivity index (χ1) is 12.7. The second-order valence-electron chi connectivity index (χ2n) is 5.27. The second kappa shape index (κ2) is 7.89. The molecule has 0 bridgehead atoms. The van der Waals surface area contributed by atoms with E-state index in [2.05, 4.69) is 20.7 Å². The van der Waals surface area contributed by atoms with Crippen molar-refractivity contribution < 1.29 is 9.53 Å². The van der Waals surface area contributed by atoms with Crippen LogP contribution in [0.3, 0.4) is 0 Å². The molecule has 0 aliphatic rings. The first kappa shape index (κ1) is 17.1. The van der Waals surface area contributed by atoms with Gasteiger partial charge in [0.15, 0.2) is 5.69 Å². The summed E-state index contributed by atoms with van der Waals surface area (Å²) in [4.78, 5) is 24.0. The number of para-hydroxylation sites is 1. The predicted octanol–water partition coefficient (Wildman–Crippen LogP) is 2.36. The number of nitrogens with zero attached hydrogens (tertiary/aromatic N) is 2. The minimum atomic E-state index is -0.514. The number of allylic oxidation sites excluding steroid dienone is 1. The third kappa shape index (κ3) is 3.67. The zero-order valence-corrected chi connectivity index (χ0v) is 14.0. The predicted molar refractivity (Wildman–Crippen MR) is 100 cm³/mol. The lowest BCUT2D eigenvalue weighted by Gasteiger charge is -2.03. The van der Waals surface area contributed by atoms with Gasteiger partial charge in [0.05, 0.1) is 12.5 Å². The first-order valence-corrected chi connectivity index (χ1v) is 7.81. The van der Waals surface area contributed by atoms with Crippen molar-refractivity contribution in [3.63, 3.8) is 0 Å². The number of nitrogens with one attached hydrogen (secondary N) is 2. The van der Waals surface area contributed by atoms with Crippen molar-refractivity contribution in [1.82, 2.24) is 15.6 Å². The maximum atomic E-state index is 12.3. The molecule has 26 heavy (non-hydrogen) atoms. The summed E-state index contributed by atoms with van der Waals surface area (Å²) >= 11 is 0. The van der Waals surface area contributed by atoms with E-state index in [0.717, 1.165) is 11.3 Å². The molecule has 7 nitrogen and oxygen atoms in total. The van der Waals surface area contributed by atoms with E-state index >= 15 is 0 Å². The van der Waals surface area contributed by atoms with Crippen LogP contribution in [-0.2, 0) is 0 Å². The number of ether oxygens (including phenoxy) is 1. The molecule has 130 valence electrons. The molecule has 0 saturated heterocycles. The molecular formula is C19H16N4O3. The lowest BCUT2D eigenvalue weighted by atomic mass is 10.1. The molecule has 0 aliphatic carbocycles. The molecule has 1 heterocycles.